The molecule has 2 aromatic rings. The maximum absolute atomic E-state index is 11.9. The van der Waals surface area contributed by atoms with E-state index >= 15 is 0 Å². The number of nitrogens with zero attached hydrogens (tertiary/aromatic N) is 1. The normalized spacial score (nSPS) is 15.1. The van der Waals surface area contributed by atoms with Crippen molar-refractivity contribution in [3.05, 3.63) is 39.7 Å². The Labute approximate surface area is 133 Å². The number of nitrogens with one attached hydrogen (secondary N) is 2. The number of carbonyl (C=O) groups is 1. The Morgan fingerprint density at radius 3 is 2.77 bits per heavy atom. The van der Waals surface area contributed by atoms with Crippen molar-refractivity contribution < 1.29 is 14.3 Å². The highest BCUT2D eigenvalue weighted by Crippen LogP contribution is 2.22. The Kier molecular flexibility index (Phi) is 4.87. The lowest BCUT2D eigenvalue weighted by atomic mass is 10.0. The van der Waals surface area contributed by atoms with Gasteiger partial charge < -0.3 is 20.2 Å². The molecule has 0 saturated carbocycles. The van der Waals surface area contributed by atoms with Crippen molar-refractivity contribution >= 4 is 17.4 Å². The van der Waals surface area contributed by atoms with Crippen LogP contribution in [0, 0.1) is 13.8 Å². The average Bonchev–Trinajstić information content (AvgIpc) is 3.05. The van der Waals surface area contributed by atoms with Gasteiger partial charge in [0.05, 0.1) is 23.3 Å². The molecule has 22 heavy (non-hydrogen) atoms. The van der Waals surface area contributed by atoms with Gasteiger partial charge in [-0.25, -0.2) is 9.78 Å². The van der Waals surface area contributed by atoms with E-state index in [1.807, 2.05) is 19.2 Å². The van der Waals surface area contributed by atoms with Crippen molar-refractivity contribution in [3.63, 3.8) is 0 Å². The van der Waals surface area contributed by atoms with Crippen molar-refractivity contribution in [1.82, 2.24) is 15.6 Å². The van der Waals surface area contributed by atoms with Crippen LogP contribution in [0.2, 0.25) is 0 Å². The van der Waals surface area contributed by atoms with Gasteiger partial charge >= 0.3 is 6.03 Å². The van der Waals surface area contributed by atoms with Gasteiger partial charge in [-0.1, -0.05) is 0 Å². The highest BCUT2D eigenvalue weighted by Gasteiger charge is 2.27. The summed E-state index contributed by atoms with van der Waals surface area (Å²) in [4.78, 5) is 16.3. The second-order valence-corrected chi connectivity index (χ2v) is 6.59. The Morgan fingerprint density at radius 1 is 1.50 bits per heavy atom. The molecule has 0 saturated heterocycles. The number of urea groups is 1. The Balaban J connectivity index is 1.87. The van der Waals surface area contributed by atoms with Gasteiger partial charge in [-0.05, 0) is 39.8 Å². The molecule has 2 atom stereocenters. The summed E-state index contributed by atoms with van der Waals surface area (Å²) < 4.78 is 5.40. The number of furan rings is 1. The van der Waals surface area contributed by atoms with Crippen molar-refractivity contribution in [2.45, 2.75) is 39.3 Å². The smallest absolute Gasteiger partial charge is 0.315 e. The van der Waals surface area contributed by atoms with E-state index < -0.39 is 5.60 Å². The van der Waals surface area contributed by atoms with Gasteiger partial charge in [-0.3, -0.25) is 0 Å². The summed E-state index contributed by atoms with van der Waals surface area (Å²) in [7, 11) is 0. The molecule has 2 aromatic heterocycles. The molecule has 2 amide bonds. The van der Waals surface area contributed by atoms with Crippen LogP contribution in [0.25, 0.3) is 0 Å². The number of carbonyl (C=O) groups excluding carboxylic acids is 1. The molecule has 2 heterocycles. The minimum absolute atomic E-state index is 0.0502. The third-order valence-electron chi connectivity index (χ3n) is 3.29. The number of aliphatic hydroxyl groups is 1. The van der Waals surface area contributed by atoms with Crippen LogP contribution >= 0.6 is 11.3 Å². The maximum Gasteiger partial charge on any atom is 0.315 e. The molecule has 0 fully saturated rings. The molecule has 120 valence electrons. The summed E-state index contributed by atoms with van der Waals surface area (Å²) in [5, 5.41) is 18.7. The zero-order valence-electron chi connectivity index (χ0n) is 13.1. The Bertz CT molecular complexity index is 648. The van der Waals surface area contributed by atoms with Gasteiger partial charge in [0, 0.05) is 5.38 Å². The largest absolute Gasteiger partial charge is 0.463 e. The second kappa shape index (κ2) is 6.50. The molecule has 0 spiro atoms. The number of thiazole rings is 1. The van der Waals surface area contributed by atoms with E-state index in [0.717, 1.165) is 10.7 Å². The van der Waals surface area contributed by atoms with E-state index in [-0.39, 0.29) is 18.6 Å². The molecule has 0 aliphatic rings. The lowest BCUT2D eigenvalue weighted by molar-refractivity contribution is 0.0359. The number of aryl methyl sites for hydroxylation is 2. The molecule has 7 heteroatoms. The van der Waals surface area contributed by atoms with Gasteiger partial charge in [0.15, 0.2) is 0 Å². The Hall–Kier alpha value is -1.86. The highest BCUT2D eigenvalue weighted by molar-refractivity contribution is 7.09. The predicted octanol–water partition coefficient (Wildman–Crippen LogP) is 2.62. The number of aromatic nitrogens is 1. The first-order valence-corrected chi connectivity index (χ1v) is 7.91. The summed E-state index contributed by atoms with van der Waals surface area (Å²) >= 11 is 1.54. The summed E-state index contributed by atoms with van der Waals surface area (Å²) in [5.74, 6) is 1.14. The van der Waals surface area contributed by atoms with Gasteiger partial charge in [0.2, 0.25) is 0 Å². The fourth-order valence-corrected chi connectivity index (χ4v) is 2.67. The number of rotatable bonds is 5. The lowest BCUT2D eigenvalue weighted by Gasteiger charge is -2.22. The predicted molar refractivity (Wildman–Crippen MR) is 84.8 cm³/mol. The molecule has 2 rings (SSSR count). The number of hydrogen-bond acceptors (Lipinski definition) is 5. The fraction of sp³-hybridized carbons (Fsp3) is 0.467. The van der Waals surface area contributed by atoms with E-state index in [2.05, 4.69) is 15.6 Å². The summed E-state index contributed by atoms with van der Waals surface area (Å²) in [6.07, 6.45) is 0. The second-order valence-electron chi connectivity index (χ2n) is 5.52. The molecule has 0 bridgehead atoms. The standard InChI is InChI=1S/C15H21N3O3S/c1-9-5-6-13(21-9)15(4,20)8-16-14(19)17-10(2)12-7-22-11(3)18-12/h5-7,10,20H,8H2,1-4H3,(H2,16,17,19)/t10-,15+/m0/s1. The highest BCUT2D eigenvalue weighted by atomic mass is 32.1. The first-order valence-electron chi connectivity index (χ1n) is 7.03. The van der Waals surface area contributed by atoms with Crippen LogP contribution in [0.4, 0.5) is 4.79 Å². The van der Waals surface area contributed by atoms with Gasteiger partial charge in [0.1, 0.15) is 17.1 Å². The van der Waals surface area contributed by atoms with E-state index in [0.29, 0.717) is 11.5 Å². The van der Waals surface area contributed by atoms with Gasteiger partial charge in [-0.2, -0.15) is 0 Å². The van der Waals surface area contributed by atoms with Crippen LogP contribution in [-0.4, -0.2) is 22.7 Å². The maximum atomic E-state index is 11.9. The van der Waals surface area contributed by atoms with Crippen LogP contribution < -0.4 is 10.6 Å². The minimum atomic E-state index is -1.26. The van der Waals surface area contributed by atoms with Gasteiger partial charge in [-0.15, -0.1) is 11.3 Å². The van der Waals surface area contributed by atoms with E-state index in [1.165, 1.54) is 0 Å². The lowest BCUT2D eigenvalue weighted by Crippen LogP contribution is -2.44. The third kappa shape index (κ3) is 4.08. The third-order valence-corrected chi connectivity index (χ3v) is 4.08. The number of hydrogen-bond donors (Lipinski definition) is 3. The van der Waals surface area contributed by atoms with Crippen molar-refractivity contribution in [2.75, 3.05) is 6.54 Å². The van der Waals surface area contributed by atoms with Crippen molar-refractivity contribution in [3.8, 4) is 0 Å². The van der Waals surface area contributed by atoms with E-state index in [1.54, 1.807) is 37.3 Å². The van der Waals surface area contributed by atoms with Crippen LogP contribution in [-0.2, 0) is 5.60 Å². The van der Waals surface area contributed by atoms with Crippen LogP contribution in [0.1, 0.15) is 42.1 Å². The molecule has 3 N–H and O–H groups in total. The molecule has 0 unspecified atom stereocenters. The van der Waals surface area contributed by atoms with Crippen LogP contribution in [0.15, 0.2) is 21.9 Å². The summed E-state index contributed by atoms with van der Waals surface area (Å²) in [6, 6.07) is 2.93. The average molecular weight is 323 g/mol. The van der Waals surface area contributed by atoms with E-state index in [4.69, 9.17) is 4.42 Å². The quantitative estimate of drug-likeness (QED) is 0.789. The van der Waals surface area contributed by atoms with Crippen LogP contribution in [0.5, 0.6) is 0 Å². The zero-order valence-corrected chi connectivity index (χ0v) is 14.0. The molecular weight excluding hydrogens is 302 g/mol. The zero-order chi connectivity index (χ0) is 16.3. The van der Waals surface area contributed by atoms with E-state index in [9.17, 15) is 9.90 Å². The molecular formula is C15H21N3O3S. The first kappa shape index (κ1) is 16.5. The summed E-state index contributed by atoms with van der Waals surface area (Å²) in [6.45, 7) is 7.23. The van der Waals surface area contributed by atoms with Crippen LogP contribution in [0.3, 0.4) is 0 Å². The molecule has 0 radical (unpaired) electrons. The molecule has 0 aliphatic carbocycles. The molecule has 0 aliphatic heterocycles. The fourth-order valence-electron chi connectivity index (χ4n) is 1.96. The van der Waals surface area contributed by atoms with Crippen molar-refractivity contribution in [2.24, 2.45) is 0 Å². The monoisotopic (exact) mass is 323 g/mol. The number of amides is 2. The summed E-state index contributed by atoms with van der Waals surface area (Å²) in [5.41, 5.74) is -0.433. The SMILES string of the molecule is Cc1ccc([C@](C)(O)CNC(=O)N[C@@H](C)c2csc(C)n2)o1. The minimum Gasteiger partial charge on any atom is -0.463 e. The molecule has 0 aromatic carbocycles. The Morgan fingerprint density at radius 2 is 2.23 bits per heavy atom. The topological polar surface area (TPSA) is 87.4 Å². The van der Waals surface area contributed by atoms with Gasteiger partial charge in [0.25, 0.3) is 0 Å². The van der Waals surface area contributed by atoms with Crippen molar-refractivity contribution in [1.29, 1.82) is 0 Å². The molecule has 6 nitrogen and oxygen atoms in total. The first-order chi connectivity index (χ1) is 10.3.